The van der Waals surface area contributed by atoms with E-state index in [0.717, 1.165) is 12.1 Å². The summed E-state index contributed by atoms with van der Waals surface area (Å²) >= 11 is 0. The van der Waals surface area contributed by atoms with Gasteiger partial charge in [-0.25, -0.2) is 0 Å². The molecule has 3 rings (SSSR count). The number of rotatable bonds is 4. The van der Waals surface area contributed by atoms with Gasteiger partial charge in [0.1, 0.15) is 23.5 Å². The van der Waals surface area contributed by atoms with Gasteiger partial charge in [-0.05, 0) is 31.0 Å². The van der Waals surface area contributed by atoms with Crippen LogP contribution < -0.4 is 0 Å². The molecule has 1 aromatic rings. The molecular formula is C16H16O8. The topological polar surface area (TPSA) is 141 Å². The molecule has 4 N–H and O–H groups in total. The van der Waals surface area contributed by atoms with E-state index in [9.17, 15) is 34.8 Å². The fraction of sp³-hybridized carbons (Fsp3) is 0.438. The van der Waals surface area contributed by atoms with Gasteiger partial charge < -0.3 is 25.2 Å². The van der Waals surface area contributed by atoms with Crippen LogP contribution in [-0.2, 0) is 14.3 Å². The van der Waals surface area contributed by atoms with Crippen LogP contribution in [-0.4, -0.2) is 50.9 Å². The molecule has 1 aliphatic heterocycles. The molecule has 0 aromatic heterocycles. The van der Waals surface area contributed by atoms with E-state index in [0.29, 0.717) is 0 Å². The molecule has 1 aliphatic carbocycles. The van der Waals surface area contributed by atoms with Gasteiger partial charge in [-0.2, -0.15) is 0 Å². The van der Waals surface area contributed by atoms with Crippen LogP contribution in [0.15, 0.2) is 18.2 Å². The smallest absolute Gasteiger partial charge is 0.317 e. The Hall–Kier alpha value is -2.61. The van der Waals surface area contributed by atoms with E-state index in [-0.39, 0.29) is 29.9 Å². The molecule has 1 heterocycles. The van der Waals surface area contributed by atoms with Crippen molar-refractivity contribution in [2.24, 2.45) is 10.8 Å². The van der Waals surface area contributed by atoms with Gasteiger partial charge in [0, 0.05) is 6.42 Å². The maximum atomic E-state index is 12.6. The predicted octanol–water partition coefficient (Wildman–Crippen LogP) is 0.439. The summed E-state index contributed by atoms with van der Waals surface area (Å²) in [5, 5.41) is 39.1. The lowest BCUT2D eigenvalue weighted by molar-refractivity contribution is -0.162. The molecule has 128 valence electrons. The molecule has 0 spiro atoms. The number of carboxylic acid groups (broad SMARTS) is 1. The lowest BCUT2D eigenvalue weighted by Gasteiger charge is -2.33. The molecule has 1 saturated heterocycles. The van der Waals surface area contributed by atoms with Crippen molar-refractivity contribution in [2.45, 2.75) is 25.4 Å². The third-order valence-electron chi connectivity index (χ3n) is 5.21. The Morgan fingerprint density at radius 2 is 2.00 bits per heavy atom. The Morgan fingerprint density at radius 3 is 2.67 bits per heavy atom. The summed E-state index contributed by atoms with van der Waals surface area (Å²) in [6.07, 6.45) is -1.80. The SMILES string of the molecule is O=C(C[C@]12CC[C@@H](O)[C@@]1(C(=O)O)COC2=O)c1cc(O)ccc1O. The summed E-state index contributed by atoms with van der Waals surface area (Å²) in [5.41, 5.74) is -3.79. The Kier molecular flexibility index (Phi) is 3.52. The number of cyclic esters (lactones) is 1. The van der Waals surface area contributed by atoms with Crippen molar-refractivity contribution < 1.29 is 39.5 Å². The van der Waals surface area contributed by atoms with E-state index in [1.54, 1.807) is 0 Å². The highest BCUT2D eigenvalue weighted by atomic mass is 16.5. The molecule has 1 saturated carbocycles. The zero-order valence-electron chi connectivity index (χ0n) is 12.6. The number of carboxylic acids is 1. The first kappa shape index (κ1) is 16.3. The largest absolute Gasteiger partial charge is 0.508 e. The van der Waals surface area contributed by atoms with Gasteiger partial charge in [0.05, 0.1) is 17.1 Å². The second-order valence-electron chi connectivity index (χ2n) is 6.29. The number of aliphatic carboxylic acids is 1. The summed E-state index contributed by atoms with van der Waals surface area (Å²) in [7, 11) is 0. The minimum absolute atomic E-state index is 0.00931. The highest BCUT2D eigenvalue weighted by Gasteiger charge is 2.73. The second-order valence-corrected chi connectivity index (χ2v) is 6.29. The fourth-order valence-electron chi connectivity index (χ4n) is 3.85. The van der Waals surface area contributed by atoms with E-state index in [1.165, 1.54) is 6.07 Å². The molecule has 8 nitrogen and oxygen atoms in total. The Balaban J connectivity index is 2.03. The molecule has 0 amide bonds. The number of carbonyl (C=O) groups excluding carboxylic acids is 2. The number of aromatic hydroxyl groups is 2. The number of esters is 1. The van der Waals surface area contributed by atoms with Crippen LogP contribution in [0.25, 0.3) is 0 Å². The average Bonchev–Trinajstić information content (AvgIpc) is 2.97. The van der Waals surface area contributed by atoms with E-state index in [4.69, 9.17) is 4.74 Å². The standard InChI is InChI=1S/C16H16O8/c17-8-1-2-10(18)9(5-8)11(19)6-15-4-3-12(20)16(15,13(21)22)7-24-14(15)23/h1-2,5,12,17-18,20H,3-4,6-7H2,(H,21,22)/t12-,15+,16-/m1/s1. The number of phenolic OH excluding ortho intramolecular Hbond substituents is 2. The van der Waals surface area contributed by atoms with Gasteiger partial charge in [0.2, 0.25) is 0 Å². The summed E-state index contributed by atoms with van der Waals surface area (Å²) in [5.74, 6) is -3.58. The van der Waals surface area contributed by atoms with Crippen LogP contribution in [0.2, 0.25) is 0 Å². The van der Waals surface area contributed by atoms with Crippen molar-refractivity contribution in [3.63, 3.8) is 0 Å². The summed E-state index contributed by atoms with van der Waals surface area (Å²) in [6, 6.07) is 3.36. The van der Waals surface area contributed by atoms with Crippen LogP contribution in [0, 0.1) is 10.8 Å². The van der Waals surface area contributed by atoms with Gasteiger partial charge in [-0.1, -0.05) is 0 Å². The molecule has 0 unspecified atom stereocenters. The molecule has 24 heavy (non-hydrogen) atoms. The van der Waals surface area contributed by atoms with Crippen LogP contribution in [0.5, 0.6) is 11.5 Å². The number of fused-ring (bicyclic) bond motifs is 1. The van der Waals surface area contributed by atoms with Crippen molar-refractivity contribution in [2.75, 3.05) is 6.61 Å². The number of hydrogen-bond acceptors (Lipinski definition) is 7. The highest BCUT2D eigenvalue weighted by molar-refractivity contribution is 6.04. The van der Waals surface area contributed by atoms with Crippen molar-refractivity contribution >= 4 is 17.7 Å². The monoisotopic (exact) mass is 336 g/mol. The molecule has 1 aromatic carbocycles. The van der Waals surface area contributed by atoms with Crippen LogP contribution in [0.3, 0.4) is 0 Å². The molecule has 2 aliphatic rings. The molecule has 2 fully saturated rings. The Bertz CT molecular complexity index is 742. The van der Waals surface area contributed by atoms with E-state index >= 15 is 0 Å². The van der Waals surface area contributed by atoms with Gasteiger partial charge in [-0.15, -0.1) is 0 Å². The zero-order valence-corrected chi connectivity index (χ0v) is 12.6. The van der Waals surface area contributed by atoms with Gasteiger partial charge in [-0.3, -0.25) is 14.4 Å². The molecule has 3 atom stereocenters. The number of benzene rings is 1. The fourth-order valence-corrected chi connectivity index (χ4v) is 3.85. The lowest BCUT2D eigenvalue weighted by atomic mass is 9.64. The maximum Gasteiger partial charge on any atom is 0.317 e. The van der Waals surface area contributed by atoms with Crippen molar-refractivity contribution in [1.29, 1.82) is 0 Å². The van der Waals surface area contributed by atoms with Crippen molar-refractivity contribution in [3.05, 3.63) is 23.8 Å². The van der Waals surface area contributed by atoms with Crippen LogP contribution in [0.4, 0.5) is 0 Å². The Labute approximate surface area is 136 Å². The second kappa shape index (κ2) is 5.20. The quantitative estimate of drug-likeness (QED) is 0.352. The van der Waals surface area contributed by atoms with E-state index in [1.807, 2.05) is 0 Å². The number of phenols is 2. The van der Waals surface area contributed by atoms with Crippen molar-refractivity contribution in [3.8, 4) is 11.5 Å². The minimum Gasteiger partial charge on any atom is -0.508 e. The molecular weight excluding hydrogens is 320 g/mol. The van der Waals surface area contributed by atoms with Crippen LogP contribution in [0.1, 0.15) is 29.6 Å². The summed E-state index contributed by atoms with van der Waals surface area (Å²) < 4.78 is 4.91. The van der Waals surface area contributed by atoms with Gasteiger partial charge in [0.15, 0.2) is 5.78 Å². The molecule has 8 heteroatoms. The number of ketones is 1. The zero-order chi connectivity index (χ0) is 17.7. The van der Waals surface area contributed by atoms with Gasteiger partial charge in [0.25, 0.3) is 0 Å². The summed E-state index contributed by atoms with van der Waals surface area (Å²) in [6.45, 7) is -0.498. The normalized spacial score (nSPS) is 31.5. The van der Waals surface area contributed by atoms with E-state index in [2.05, 4.69) is 0 Å². The number of hydrogen-bond donors (Lipinski definition) is 4. The van der Waals surface area contributed by atoms with E-state index < -0.39 is 47.7 Å². The average molecular weight is 336 g/mol. The molecule has 0 radical (unpaired) electrons. The maximum absolute atomic E-state index is 12.6. The summed E-state index contributed by atoms with van der Waals surface area (Å²) in [4.78, 5) is 36.7. The predicted molar refractivity (Wildman–Crippen MR) is 77.4 cm³/mol. The first-order valence-corrected chi connectivity index (χ1v) is 7.38. The number of aliphatic hydroxyl groups excluding tert-OH is 1. The number of aliphatic hydroxyl groups is 1. The first-order valence-electron chi connectivity index (χ1n) is 7.38. The third kappa shape index (κ3) is 1.92. The van der Waals surface area contributed by atoms with Gasteiger partial charge >= 0.3 is 11.9 Å². The van der Waals surface area contributed by atoms with Crippen molar-refractivity contribution in [1.82, 2.24) is 0 Å². The first-order chi connectivity index (χ1) is 11.2. The van der Waals surface area contributed by atoms with Crippen LogP contribution >= 0.6 is 0 Å². The minimum atomic E-state index is -1.88. The molecule has 0 bridgehead atoms. The lowest BCUT2D eigenvalue weighted by Crippen LogP contribution is -2.51. The highest BCUT2D eigenvalue weighted by Crippen LogP contribution is 2.60. The third-order valence-corrected chi connectivity index (χ3v) is 5.21. The number of carbonyl (C=O) groups is 3. The number of ether oxygens (including phenoxy) is 1. The number of Topliss-reactive ketones (excluding diaryl/α,β-unsaturated/α-hetero) is 1. The Morgan fingerprint density at radius 1 is 1.29 bits per heavy atom.